The Morgan fingerprint density at radius 1 is 1.54 bits per heavy atom. The summed E-state index contributed by atoms with van der Waals surface area (Å²) < 4.78 is 0. The van der Waals surface area contributed by atoms with Crippen LogP contribution in [-0.4, -0.2) is 16.5 Å². The maximum Gasteiger partial charge on any atom is 0.181 e. The zero-order valence-corrected chi connectivity index (χ0v) is 7.49. The largest absolute Gasteiger partial charge is 0.382 e. The molecule has 0 bridgehead atoms. The Balaban J connectivity index is 2.28. The highest BCUT2D eigenvalue weighted by molar-refractivity contribution is 5.93. The lowest BCUT2D eigenvalue weighted by atomic mass is 9.77. The summed E-state index contributed by atoms with van der Waals surface area (Å²) in [5.41, 5.74) is -1.14. The average molecular weight is 179 g/mol. The molecule has 3 atom stereocenters. The highest BCUT2D eigenvalue weighted by atomic mass is 16.3. The molecule has 0 amide bonds. The van der Waals surface area contributed by atoms with E-state index in [2.05, 4.69) is 0 Å². The van der Waals surface area contributed by atoms with Crippen LogP contribution in [0.2, 0.25) is 0 Å². The molecule has 3 unspecified atom stereocenters. The number of hydrogen-bond acceptors (Lipinski definition) is 3. The summed E-state index contributed by atoms with van der Waals surface area (Å²) in [7, 11) is 0. The van der Waals surface area contributed by atoms with E-state index in [0.29, 0.717) is 12.8 Å². The quantitative estimate of drug-likeness (QED) is 0.604. The van der Waals surface area contributed by atoms with Gasteiger partial charge in [0.05, 0.1) is 6.07 Å². The normalized spacial score (nSPS) is 44.2. The number of carbonyl (C=O) groups is 1. The molecule has 0 radical (unpaired) electrons. The Labute approximate surface area is 77.4 Å². The van der Waals surface area contributed by atoms with E-state index >= 15 is 0 Å². The molecule has 2 aliphatic rings. The van der Waals surface area contributed by atoms with Crippen LogP contribution in [0.3, 0.4) is 0 Å². The van der Waals surface area contributed by atoms with Crippen LogP contribution in [0.15, 0.2) is 0 Å². The predicted molar refractivity (Wildman–Crippen MR) is 45.6 cm³/mol. The lowest BCUT2D eigenvalue weighted by molar-refractivity contribution is -0.140. The van der Waals surface area contributed by atoms with E-state index in [0.717, 1.165) is 19.3 Å². The molecule has 0 spiro atoms. The van der Waals surface area contributed by atoms with Crippen LogP contribution in [0.5, 0.6) is 0 Å². The van der Waals surface area contributed by atoms with Crippen molar-refractivity contribution in [2.75, 3.05) is 0 Å². The standard InChI is InChI=1S/C10H13NO2/c11-6-7-5-8-3-1-2-4-10(8,13)9(7)12/h7-8,13H,1-5H2. The minimum Gasteiger partial charge on any atom is -0.382 e. The van der Waals surface area contributed by atoms with Gasteiger partial charge in [0, 0.05) is 0 Å². The zero-order chi connectivity index (χ0) is 9.47. The zero-order valence-electron chi connectivity index (χ0n) is 7.49. The van der Waals surface area contributed by atoms with E-state index in [1.807, 2.05) is 6.07 Å². The Bertz CT molecular complexity index is 281. The fourth-order valence-electron chi connectivity index (χ4n) is 2.67. The second kappa shape index (κ2) is 2.81. The Morgan fingerprint density at radius 2 is 2.31 bits per heavy atom. The Morgan fingerprint density at radius 3 is 2.92 bits per heavy atom. The minimum atomic E-state index is -1.14. The molecule has 2 fully saturated rings. The second-order valence-electron chi connectivity index (χ2n) is 4.15. The van der Waals surface area contributed by atoms with Gasteiger partial charge in [-0.25, -0.2) is 0 Å². The number of fused-ring (bicyclic) bond motifs is 1. The number of Topliss-reactive ketones (excluding diaryl/α,β-unsaturated/α-hetero) is 1. The maximum atomic E-state index is 11.6. The first-order valence-electron chi connectivity index (χ1n) is 4.85. The molecular weight excluding hydrogens is 166 g/mol. The third-order valence-corrected chi connectivity index (χ3v) is 3.46. The fourth-order valence-corrected chi connectivity index (χ4v) is 2.67. The van der Waals surface area contributed by atoms with Gasteiger partial charge in [-0.2, -0.15) is 5.26 Å². The first kappa shape index (κ1) is 8.71. The average Bonchev–Trinajstić information content (AvgIpc) is 2.40. The fraction of sp³-hybridized carbons (Fsp3) is 0.800. The summed E-state index contributed by atoms with van der Waals surface area (Å²) in [5, 5.41) is 18.8. The van der Waals surface area contributed by atoms with Crippen molar-refractivity contribution in [2.24, 2.45) is 11.8 Å². The van der Waals surface area contributed by atoms with Gasteiger partial charge in [0.2, 0.25) is 0 Å². The molecule has 3 nitrogen and oxygen atoms in total. The topological polar surface area (TPSA) is 61.1 Å². The smallest absolute Gasteiger partial charge is 0.181 e. The summed E-state index contributed by atoms with van der Waals surface area (Å²) in [4.78, 5) is 11.6. The van der Waals surface area contributed by atoms with Crippen molar-refractivity contribution in [1.82, 2.24) is 0 Å². The third-order valence-electron chi connectivity index (χ3n) is 3.46. The highest BCUT2D eigenvalue weighted by Gasteiger charge is 2.54. The van der Waals surface area contributed by atoms with Crippen molar-refractivity contribution in [3.8, 4) is 6.07 Å². The van der Waals surface area contributed by atoms with Crippen LogP contribution in [0, 0.1) is 23.2 Å². The van der Waals surface area contributed by atoms with Crippen LogP contribution in [0.4, 0.5) is 0 Å². The Kier molecular flexibility index (Phi) is 1.88. The van der Waals surface area contributed by atoms with Gasteiger partial charge < -0.3 is 5.11 Å². The van der Waals surface area contributed by atoms with Gasteiger partial charge in [-0.15, -0.1) is 0 Å². The van der Waals surface area contributed by atoms with Crippen LogP contribution in [0.1, 0.15) is 32.1 Å². The Hall–Kier alpha value is -0.880. The van der Waals surface area contributed by atoms with Gasteiger partial charge in [0.25, 0.3) is 0 Å². The molecule has 0 heterocycles. The van der Waals surface area contributed by atoms with E-state index in [4.69, 9.17) is 5.26 Å². The van der Waals surface area contributed by atoms with Crippen molar-refractivity contribution in [1.29, 1.82) is 5.26 Å². The van der Waals surface area contributed by atoms with Gasteiger partial charge in [-0.1, -0.05) is 12.8 Å². The lowest BCUT2D eigenvalue weighted by Gasteiger charge is -2.32. The molecule has 0 saturated heterocycles. The van der Waals surface area contributed by atoms with Gasteiger partial charge >= 0.3 is 0 Å². The van der Waals surface area contributed by atoms with Crippen LogP contribution < -0.4 is 0 Å². The molecule has 0 aromatic rings. The highest BCUT2D eigenvalue weighted by Crippen LogP contribution is 2.45. The number of rotatable bonds is 0. The summed E-state index contributed by atoms with van der Waals surface area (Å²) in [6, 6.07) is 1.99. The van der Waals surface area contributed by atoms with E-state index in [9.17, 15) is 9.90 Å². The minimum absolute atomic E-state index is 0.0541. The monoisotopic (exact) mass is 179 g/mol. The van der Waals surface area contributed by atoms with Crippen molar-refractivity contribution in [3.05, 3.63) is 0 Å². The molecule has 13 heavy (non-hydrogen) atoms. The number of hydrogen-bond donors (Lipinski definition) is 1. The molecule has 0 aromatic heterocycles. The molecular formula is C10H13NO2. The number of ketones is 1. The number of nitriles is 1. The summed E-state index contributed by atoms with van der Waals surface area (Å²) in [6.07, 6.45) is 4.04. The summed E-state index contributed by atoms with van der Waals surface area (Å²) in [5.74, 6) is -0.716. The summed E-state index contributed by atoms with van der Waals surface area (Å²) in [6.45, 7) is 0. The van der Waals surface area contributed by atoms with Gasteiger partial charge in [0.15, 0.2) is 5.78 Å². The maximum absolute atomic E-state index is 11.6. The third kappa shape index (κ3) is 1.09. The van der Waals surface area contributed by atoms with Gasteiger partial charge in [-0.05, 0) is 25.2 Å². The molecule has 2 rings (SSSR count). The number of carbonyl (C=O) groups excluding carboxylic acids is 1. The van der Waals surface area contributed by atoms with E-state index in [-0.39, 0.29) is 11.7 Å². The van der Waals surface area contributed by atoms with E-state index in [1.54, 1.807) is 0 Å². The van der Waals surface area contributed by atoms with Gasteiger partial charge in [0.1, 0.15) is 11.5 Å². The lowest BCUT2D eigenvalue weighted by Crippen LogP contribution is -2.43. The van der Waals surface area contributed by atoms with Crippen molar-refractivity contribution < 1.29 is 9.90 Å². The number of aliphatic hydroxyl groups is 1. The first-order valence-corrected chi connectivity index (χ1v) is 4.85. The predicted octanol–water partition coefficient (Wildman–Crippen LogP) is 1.02. The SMILES string of the molecule is N#CC1CC2CCCCC2(O)C1=O. The van der Waals surface area contributed by atoms with Crippen LogP contribution in [-0.2, 0) is 4.79 Å². The molecule has 1 N–H and O–H groups in total. The molecule has 2 aliphatic carbocycles. The molecule has 0 aromatic carbocycles. The van der Waals surface area contributed by atoms with Gasteiger partial charge in [-0.3, -0.25) is 4.79 Å². The molecule has 2 saturated carbocycles. The second-order valence-corrected chi connectivity index (χ2v) is 4.15. The van der Waals surface area contributed by atoms with E-state index in [1.165, 1.54) is 0 Å². The van der Waals surface area contributed by atoms with Crippen molar-refractivity contribution in [3.63, 3.8) is 0 Å². The molecule has 3 heteroatoms. The van der Waals surface area contributed by atoms with Crippen molar-refractivity contribution in [2.45, 2.75) is 37.7 Å². The molecule has 70 valence electrons. The molecule has 0 aliphatic heterocycles. The van der Waals surface area contributed by atoms with Crippen LogP contribution in [0.25, 0.3) is 0 Å². The number of nitrogens with zero attached hydrogens (tertiary/aromatic N) is 1. The van der Waals surface area contributed by atoms with Crippen molar-refractivity contribution >= 4 is 5.78 Å². The first-order chi connectivity index (χ1) is 6.18. The van der Waals surface area contributed by atoms with Crippen LogP contribution >= 0.6 is 0 Å². The summed E-state index contributed by atoms with van der Waals surface area (Å²) >= 11 is 0. The van der Waals surface area contributed by atoms with E-state index < -0.39 is 11.5 Å².